The van der Waals surface area contributed by atoms with E-state index in [0.717, 1.165) is 0 Å². The number of aromatic nitrogens is 1. The number of carbonyl (C=O) groups is 3. The number of amides is 2. The SMILES string of the molecule is CC(C)C(NC(=O)c1cccn1CC(=O)O)C(N)=O. The van der Waals surface area contributed by atoms with Crippen molar-refractivity contribution in [2.75, 3.05) is 0 Å². The Hall–Kier alpha value is -2.31. The van der Waals surface area contributed by atoms with Crippen LogP contribution < -0.4 is 11.1 Å². The van der Waals surface area contributed by atoms with Crippen LogP contribution in [0, 0.1) is 5.92 Å². The van der Waals surface area contributed by atoms with Crippen LogP contribution >= 0.6 is 0 Å². The minimum Gasteiger partial charge on any atom is -0.480 e. The second-order valence-corrected chi connectivity index (χ2v) is 4.51. The largest absolute Gasteiger partial charge is 0.480 e. The van der Waals surface area contributed by atoms with Gasteiger partial charge in [-0.05, 0) is 18.1 Å². The summed E-state index contributed by atoms with van der Waals surface area (Å²) in [6.45, 7) is 3.19. The van der Waals surface area contributed by atoms with E-state index in [9.17, 15) is 14.4 Å². The molecule has 7 heteroatoms. The van der Waals surface area contributed by atoms with E-state index >= 15 is 0 Å². The molecule has 1 heterocycles. The normalized spacial score (nSPS) is 12.2. The minimum atomic E-state index is -1.06. The van der Waals surface area contributed by atoms with Gasteiger partial charge in [-0.2, -0.15) is 0 Å². The number of nitrogens with two attached hydrogens (primary N) is 1. The number of primary amides is 1. The van der Waals surface area contributed by atoms with Crippen molar-refractivity contribution < 1.29 is 19.5 Å². The van der Waals surface area contributed by atoms with Gasteiger partial charge in [0.15, 0.2) is 0 Å². The zero-order valence-electron chi connectivity index (χ0n) is 10.8. The number of nitrogens with zero attached hydrogens (tertiary/aromatic N) is 1. The average Bonchev–Trinajstić information content (AvgIpc) is 2.71. The number of rotatable bonds is 6. The number of nitrogens with one attached hydrogen (secondary N) is 1. The number of aliphatic carboxylic acids is 1. The van der Waals surface area contributed by atoms with Gasteiger partial charge >= 0.3 is 5.97 Å². The molecule has 19 heavy (non-hydrogen) atoms. The monoisotopic (exact) mass is 267 g/mol. The maximum absolute atomic E-state index is 12.0. The van der Waals surface area contributed by atoms with Crippen molar-refractivity contribution >= 4 is 17.8 Å². The summed E-state index contributed by atoms with van der Waals surface area (Å²) < 4.78 is 1.29. The predicted octanol–water partition coefficient (Wildman–Crippen LogP) is -0.188. The Bertz CT molecular complexity index is 493. The lowest BCUT2D eigenvalue weighted by Gasteiger charge is -2.19. The molecule has 1 atom stereocenters. The first-order valence-corrected chi connectivity index (χ1v) is 5.80. The second kappa shape index (κ2) is 6.03. The molecule has 0 spiro atoms. The summed E-state index contributed by atoms with van der Waals surface area (Å²) in [6.07, 6.45) is 1.48. The topological polar surface area (TPSA) is 114 Å². The third-order valence-electron chi connectivity index (χ3n) is 2.63. The van der Waals surface area contributed by atoms with Gasteiger partial charge in [0.1, 0.15) is 18.3 Å². The van der Waals surface area contributed by atoms with Crippen LogP contribution in [0.25, 0.3) is 0 Å². The van der Waals surface area contributed by atoms with Gasteiger partial charge in [0.2, 0.25) is 5.91 Å². The summed E-state index contributed by atoms with van der Waals surface area (Å²) in [5.41, 5.74) is 5.38. The van der Waals surface area contributed by atoms with Crippen LogP contribution in [0.15, 0.2) is 18.3 Å². The molecule has 0 saturated heterocycles. The zero-order chi connectivity index (χ0) is 14.6. The van der Waals surface area contributed by atoms with Crippen molar-refractivity contribution in [3.05, 3.63) is 24.0 Å². The molecule has 0 bridgehead atoms. The van der Waals surface area contributed by atoms with E-state index in [4.69, 9.17) is 10.8 Å². The Labute approximate surface area is 110 Å². The first-order chi connectivity index (χ1) is 8.82. The quantitative estimate of drug-likeness (QED) is 0.662. The Morgan fingerprint density at radius 1 is 1.42 bits per heavy atom. The highest BCUT2D eigenvalue weighted by Crippen LogP contribution is 2.06. The average molecular weight is 267 g/mol. The van der Waals surface area contributed by atoms with Crippen molar-refractivity contribution in [3.63, 3.8) is 0 Å². The first-order valence-electron chi connectivity index (χ1n) is 5.80. The molecular weight excluding hydrogens is 250 g/mol. The number of hydrogen-bond acceptors (Lipinski definition) is 3. The third kappa shape index (κ3) is 3.84. The summed E-state index contributed by atoms with van der Waals surface area (Å²) >= 11 is 0. The predicted molar refractivity (Wildman–Crippen MR) is 67.4 cm³/mol. The lowest BCUT2D eigenvalue weighted by molar-refractivity contribution is -0.137. The van der Waals surface area contributed by atoms with Crippen molar-refractivity contribution in [2.45, 2.75) is 26.4 Å². The van der Waals surface area contributed by atoms with Gasteiger partial charge in [-0.25, -0.2) is 0 Å². The fourth-order valence-electron chi connectivity index (χ4n) is 1.69. The van der Waals surface area contributed by atoms with Gasteiger partial charge in [0, 0.05) is 6.20 Å². The Morgan fingerprint density at radius 2 is 2.05 bits per heavy atom. The van der Waals surface area contributed by atoms with Crippen LogP contribution in [0.4, 0.5) is 0 Å². The Morgan fingerprint density at radius 3 is 2.53 bits per heavy atom. The Kier molecular flexibility index (Phi) is 4.68. The molecule has 0 fully saturated rings. The van der Waals surface area contributed by atoms with Gasteiger partial charge in [0.25, 0.3) is 5.91 Å². The van der Waals surface area contributed by atoms with Crippen LogP contribution in [0.1, 0.15) is 24.3 Å². The van der Waals surface area contributed by atoms with E-state index in [0.29, 0.717) is 0 Å². The molecule has 0 aliphatic heterocycles. The van der Waals surface area contributed by atoms with Crippen molar-refractivity contribution in [1.29, 1.82) is 0 Å². The van der Waals surface area contributed by atoms with Gasteiger partial charge < -0.3 is 20.7 Å². The summed E-state index contributed by atoms with van der Waals surface area (Å²) in [6, 6.07) is 2.25. The van der Waals surface area contributed by atoms with Crippen LogP contribution in [0.2, 0.25) is 0 Å². The van der Waals surface area contributed by atoms with Gasteiger partial charge in [-0.3, -0.25) is 14.4 Å². The summed E-state index contributed by atoms with van der Waals surface area (Å²) in [7, 11) is 0. The van der Waals surface area contributed by atoms with Crippen LogP contribution in [0.3, 0.4) is 0 Å². The molecule has 0 aliphatic rings. The molecule has 1 unspecified atom stereocenters. The molecule has 7 nitrogen and oxygen atoms in total. The van der Waals surface area contributed by atoms with E-state index in [-0.39, 0.29) is 18.2 Å². The maximum atomic E-state index is 12.0. The van der Waals surface area contributed by atoms with Gasteiger partial charge in [-0.1, -0.05) is 13.8 Å². The summed E-state index contributed by atoms with van der Waals surface area (Å²) in [4.78, 5) is 33.9. The molecule has 0 saturated carbocycles. The maximum Gasteiger partial charge on any atom is 0.323 e. The van der Waals surface area contributed by atoms with Crippen LogP contribution in [-0.4, -0.2) is 33.5 Å². The molecule has 104 valence electrons. The van der Waals surface area contributed by atoms with Crippen molar-refractivity contribution in [3.8, 4) is 0 Å². The zero-order valence-corrected chi connectivity index (χ0v) is 10.8. The van der Waals surface area contributed by atoms with E-state index in [2.05, 4.69) is 5.32 Å². The molecular formula is C12H17N3O4. The van der Waals surface area contributed by atoms with Gasteiger partial charge in [0.05, 0.1) is 0 Å². The van der Waals surface area contributed by atoms with Crippen LogP contribution in [-0.2, 0) is 16.1 Å². The third-order valence-corrected chi connectivity index (χ3v) is 2.63. The molecule has 1 aromatic heterocycles. The lowest BCUT2D eigenvalue weighted by atomic mass is 10.0. The molecule has 4 N–H and O–H groups in total. The summed E-state index contributed by atoms with van der Waals surface area (Å²) in [5.74, 6) is -2.35. The molecule has 0 aromatic carbocycles. The van der Waals surface area contributed by atoms with Crippen molar-refractivity contribution in [2.24, 2.45) is 11.7 Å². The fourth-order valence-corrected chi connectivity index (χ4v) is 1.69. The summed E-state index contributed by atoms with van der Waals surface area (Å²) in [5, 5.41) is 11.2. The fraction of sp³-hybridized carbons (Fsp3) is 0.417. The van der Waals surface area contributed by atoms with E-state index in [1.807, 2.05) is 0 Å². The van der Waals surface area contributed by atoms with E-state index < -0.39 is 23.8 Å². The molecule has 0 radical (unpaired) electrons. The highest BCUT2D eigenvalue weighted by Gasteiger charge is 2.23. The second-order valence-electron chi connectivity index (χ2n) is 4.51. The highest BCUT2D eigenvalue weighted by molar-refractivity contribution is 5.96. The lowest BCUT2D eigenvalue weighted by Crippen LogP contribution is -2.48. The number of carbonyl (C=O) groups excluding carboxylic acids is 2. The molecule has 1 aromatic rings. The Balaban J connectivity index is 2.86. The first kappa shape index (κ1) is 14.7. The standard InChI is InChI=1S/C12H17N3O4/c1-7(2)10(11(13)18)14-12(19)8-4-3-5-15(8)6-9(16)17/h3-5,7,10H,6H2,1-2H3,(H2,13,18)(H,14,19)(H,16,17). The van der Waals surface area contributed by atoms with Crippen LogP contribution in [0.5, 0.6) is 0 Å². The smallest absolute Gasteiger partial charge is 0.323 e. The van der Waals surface area contributed by atoms with E-state index in [1.165, 1.54) is 16.8 Å². The number of carboxylic acid groups (broad SMARTS) is 1. The number of carboxylic acids is 1. The highest BCUT2D eigenvalue weighted by atomic mass is 16.4. The van der Waals surface area contributed by atoms with E-state index in [1.54, 1.807) is 19.9 Å². The number of hydrogen-bond donors (Lipinski definition) is 3. The minimum absolute atomic E-state index is 0.149. The molecule has 0 aliphatic carbocycles. The van der Waals surface area contributed by atoms with Crippen molar-refractivity contribution in [1.82, 2.24) is 9.88 Å². The molecule has 1 rings (SSSR count). The van der Waals surface area contributed by atoms with Gasteiger partial charge in [-0.15, -0.1) is 0 Å². The molecule has 2 amide bonds.